The number of hydrogen-bond donors (Lipinski definition) is 2. The van der Waals surface area contributed by atoms with Gasteiger partial charge in [-0.15, -0.1) is 10.2 Å². The van der Waals surface area contributed by atoms with Crippen LogP contribution in [0.3, 0.4) is 0 Å². The predicted molar refractivity (Wildman–Crippen MR) is 122 cm³/mol. The predicted octanol–water partition coefficient (Wildman–Crippen LogP) is 4.12. The van der Waals surface area contributed by atoms with Crippen molar-refractivity contribution in [3.63, 3.8) is 0 Å². The van der Waals surface area contributed by atoms with Crippen molar-refractivity contribution >= 4 is 22.8 Å². The van der Waals surface area contributed by atoms with E-state index in [1.807, 2.05) is 54.6 Å². The van der Waals surface area contributed by atoms with Gasteiger partial charge in [-0.25, -0.2) is 9.59 Å². The quantitative estimate of drug-likeness (QED) is 0.439. The fourth-order valence-corrected chi connectivity index (χ4v) is 3.56. The topological polar surface area (TPSA) is 121 Å². The lowest BCUT2D eigenvalue weighted by Crippen LogP contribution is -2.43. The zero-order valence-corrected chi connectivity index (χ0v) is 18.2. The molecule has 0 fully saturated rings. The van der Waals surface area contributed by atoms with Gasteiger partial charge < -0.3 is 9.84 Å². The van der Waals surface area contributed by atoms with E-state index in [1.54, 1.807) is 6.92 Å². The number of carboxylic acid groups (broad SMARTS) is 1. The minimum absolute atomic E-state index is 0.140. The number of rotatable bonds is 7. The lowest BCUT2D eigenvalue weighted by Gasteiger charge is -2.25. The number of amides is 1. The number of carboxylic acids is 1. The second kappa shape index (κ2) is 9.47. The summed E-state index contributed by atoms with van der Waals surface area (Å²) in [7, 11) is 0. The molecule has 4 rings (SSSR count). The maximum absolute atomic E-state index is 12.3. The average molecular weight is 445 g/mol. The molecule has 4 aromatic rings. The number of H-pyrrole nitrogens is 1. The fourth-order valence-electron chi connectivity index (χ4n) is 3.56. The highest BCUT2D eigenvalue weighted by atomic mass is 16.6. The Morgan fingerprint density at radius 1 is 1.00 bits per heavy atom. The van der Waals surface area contributed by atoms with Crippen molar-refractivity contribution in [1.82, 2.24) is 25.5 Å². The Hall–Kier alpha value is -4.27. The zero-order chi connectivity index (χ0) is 23.4. The van der Waals surface area contributed by atoms with Crippen LogP contribution in [0.5, 0.6) is 0 Å². The van der Waals surface area contributed by atoms with Gasteiger partial charge in [-0.1, -0.05) is 48.5 Å². The standard InChI is InChI=1S/C24H23N5O4/c1-3-33-24(32)29(15(2)23(30)31)14-16-4-5-21-13-20(11-10-19(21)12-16)17-6-8-18(9-7-17)22-25-27-28-26-22/h4-13,15H,3,14H2,1-2H3,(H,30,31)(H,25,26,27,28). The molecule has 2 N–H and O–H groups in total. The number of benzene rings is 3. The molecule has 33 heavy (non-hydrogen) atoms. The molecular weight excluding hydrogens is 422 g/mol. The molecule has 1 amide bonds. The number of aromatic nitrogens is 4. The largest absolute Gasteiger partial charge is 0.480 e. The first-order valence-electron chi connectivity index (χ1n) is 10.5. The van der Waals surface area contributed by atoms with Crippen LogP contribution in [0.1, 0.15) is 19.4 Å². The lowest BCUT2D eigenvalue weighted by atomic mass is 9.99. The van der Waals surface area contributed by atoms with Crippen LogP contribution in [-0.2, 0) is 16.1 Å². The summed E-state index contributed by atoms with van der Waals surface area (Å²) < 4.78 is 5.04. The van der Waals surface area contributed by atoms with Gasteiger partial charge in [-0.05, 0) is 58.7 Å². The molecule has 1 atom stereocenters. The van der Waals surface area contributed by atoms with Crippen LogP contribution in [0.2, 0.25) is 0 Å². The summed E-state index contributed by atoms with van der Waals surface area (Å²) in [4.78, 5) is 25.0. The van der Waals surface area contributed by atoms with E-state index < -0.39 is 18.1 Å². The van der Waals surface area contributed by atoms with Gasteiger partial charge in [0.05, 0.1) is 6.61 Å². The van der Waals surface area contributed by atoms with Crippen molar-refractivity contribution in [3.05, 3.63) is 66.2 Å². The monoisotopic (exact) mass is 445 g/mol. The molecule has 3 aromatic carbocycles. The van der Waals surface area contributed by atoms with Gasteiger partial charge in [0.25, 0.3) is 0 Å². The number of hydrogen-bond acceptors (Lipinski definition) is 6. The molecule has 168 valence electrons. The van der Waals surface area contributed by atoms with Gasteiger partial charge in [-0.3, -0.25) is 4.90 Å². The molecule has 0 aliphatic rings. The summed E-state index contributed by atoms with van der Waals surface area (Å²) in [6.45, 7) is 3.48. The van der Waals surface area contributed by atoms with Crippen LogP contribution in [0.4, 0.5) is 4.79 Å². The Morgan fingerprint density at radius 3 is 2.33 bits per heavy atom. The van der Waals surface area contributed by atoms with Crippen LogP contribution >= 0.6 is 0 Å². The minimum atomic E-state index is -1.08. The van der Waals surface area contributed by atoms with Gasteiger partial charge in [0.15, 0.2) is 0 Å². The molecule has 9 heteroatoms. The van der Waals surface area contributed by atoms with Crippen LogP contribution in [0, 0.1) is 0 Å². The molecule has 1 unspecified atom stereocenters. The molecule has 0 radical (unpaired) electrons. The van der Waals surface area contributed by atoms with E-state index >= 15 is 0 Å². The Balaban J connectivity index is 1.57. The second-order valence-corrected chi connectivity index (χ2v) is 7.55. The van der Waals surface area contributed by atoms with Gasteiger partial charge in [0.1, 0.15) is 6.04 Å². The molecule has 0 aliphatic heterocycles. The second-order valence-electron chi connectivity index (χ2n) is 7.55. The van der Waals surface area contributed by atoms with E-state index in [-0.39, 0.29) is 13.2 Å². The molecule has 1 heterocycles. The molecule has 0 aliphatic carbocycles. The van der Waals surface area contributed by atoms with Crippen molar-refractivity contribution in [2.75, 3.05) is 6.61 Å². The van der Waals surface area contributed by atoms with Crippen LogP contribution in [0.15, 0.2) is 60.7 Å². The lowest BCUT2D eigenvalue weighted by molar-refractivity contribution is -0.142. The summed E-state index contributed by atoms with van der Waals surface area (Å²) in [6, 6.07) is 18.8. The van der Waals surface area contributed by atoms with Crippen molar-refractivity contribution in [3.8, 4) is 22.5 Å². The highest BCUT2D eigenvalue weighted by molar-refractivity contribution is 5.88. The number of nitrogens with zero attached hydrogens (tertiary/aromatic N) is 4. The van der Waals surface area contributed by atoms with Gasteiger partial charge in [0.2, 0.25) is 5.82 Å². The third kappa shape index (κ3) is 4.82. The highest BCUT2D eigenvalue weighted by Gasteiger charge is 2.26. The zero-order valence-electron chi connectivity index (χ0n) is 18.2. The third-order valence-electron chi connectivity index (χ3n) is 5.41. The van der Waals surface area contributed by atoms with Crippen molar-refractivity contribution < 1.29 is 19.4 Å². The number of aliphatic carboxylic acids is 1. The fraction of sp³-hybridized carbons (Fsp3) is 0.208. The number of ether oxygens (including phenoxy) is 1. The van der Waals surface area contributed by atoms with Crippen LogP contribution in [0.25, 0.3) is 33.3 Å². The molecule has 0 saturated carbocycles. The Bertz CT molecular complexity index is 1270. The summed E-state index contributed by atoms with van der Waals surface area (Å²) in [5.41, 5.74) is 3.81. The highest BCUT2D eigenvalue weighted by Crippen LogP contribution is 2.27. The Kier molecular flexibility index (Phi) is 6.30. The summed E-state index contributed by atoms with van der Waals surface area (Å²) >= 11 is 0. The van der Waals surface area contributed by atoms with Gasteiger partial charge >= 0.3 is 12.1 Å². The number of carbonyl (C=O) groups is 2. The number of fused-ring (bicyclic) bond motifs is 1. The van der Waals surface area contributed by atoms with E-state index in [1.165, 1.54) is 11.8 Å². The minimum Gasteiger partial charge on any atom is -0.480 e. The summed E-state index contributed by atoms with van der Waals surface area (Å²) in [6.07, 6.45) is -0.646. The average Bonchev–Trinajstić information content (AvgIpc) is 3.37. The van der Waals surface area contributed by atoms with Gasteiger partial charge in [0, 0.05) is 12.1 Å². The first-order valence-corrected chi connectivity index (χ1v) is 10.5. The number of carbonyl (C=O) groups excluding carboxylic acids is 1. The maximum atomic E-state index is 12.3. The third-order valence-corrected chi connectivity index (χ3v) is 5.41. The number of nitrogens with one attached hydrogen (secondary N) is 1. The molecule has 9 nitrogen and oxygen atoms in total. The smallest absolute Gasteiger partial charge is 0.410 e. The van der Waals surface area contributed by atoms with Crippen molar-refractivity contribution in [2.45, 2.75) is 26.4 Å². The maximum Gasteiger partial charge on any atom is 0.410 e. The first kappa shape index (κ1) is 21.9. The van der Waals surface area contributed by atoms with E-state index in [9.17, 15) is 14.7 Å². The number of aromatic amines is 1. The Morgan fingerprint density at radius 2 is 1.67 bits per heavy atom. The summed E-state index contributed by atoms with van der Waals surface area (Å²) in [5.74, 6) is -0.541. The summed E-state index contributed by atoms with van der Waals surface area (Å²) in [5, 5.41) is 25.4. The number of tetrazole rings is 1. The van der Waals surface area contributed by atoms with Crippen molar-refractivity contribution in [2.24, 2.45) is 0 Å². The van der Waals surface area contributed by atoms with E-state index in [4.69, 9.17) is 4.74 Å². The first-order chi connectivity index (χ1) is 16.0. The molecule has 1 aromatic heterocycles. The van der Waals surface area contributed by atoms with E-state index in [0.717, 1.165) is 33.0 Å². The van der Waals surface area contributed by atoms with Crippen LogP contribution < -0.4 is 0 Å². The van der Waals surface area contributed by atoms with E-state index in [2.05, 4.69) is 26.7 Å². The van der Waals surface area contributed by atoms with E-state index in [0.29, 0.717) is 5.82 Å². The molecule has 0 saturated heterocycles. The van der Waals surface area contributed by atoms with Crippen LogP contribution in [-0.4, -0.2) is 55.3 Å². The van der Waals surface area contributed by atoms with Crippen molar-refractivity contribution in [1.29, 1.82) is 0 Å². The van der Waals surface area contributed by atoms with Gasteiger partial charge in [-0.2, -0.15) is 5.21 Å². The Labute approximate surface area is 190 Å². The molecule has 0 spiro atoms. The normalized spacial score (nSPS) is 11.8. The molecule has 0 bridgehead atoms. The SMILES string of the molecule is CCOC(=O)N(Cc1ccc2cc(-c3ccc(-c4nn[nH]n4)cc3)ccc2c1)C(C)C(=O)O. The molecular formula is C24H23N5O4.